The highest BCUT2D eigenvalue weighted by Crippen LogP contribution is 2.25. The Balaban J connectivity index is 0.00000242. The summed E-state index contributed by atoms with van der Waals surface area (Å²) >= 11 is 0. The summed E-state index contributed by atoms with van der Waals surface area (Å²) in [6, 6.07) is 0.262. The number of hydrogen-bond donors (Lipinski definition) is 2. The van der Waals surface area contributed by atoms with E-state index in [9.17, 15) is 9.59 Å². The van der Waals surface area contributed by atoms with Crippen LogP contribution in [-0.4, -0.2) is 48.9 Å². The zero-order valence-electron chi connectivity index (χ0n) is 13.8. The van der Waals surface area contributed by atoms with Crippen LogP contribution in [0.4, 0.5) is 0 Å². The molecule has 0 aromatic rings. The van der Waals surface area contributed by atoms with Gasteiger partial charge in [-0.25, -0.2) is 0 Å². The molecule has 6 heteroatoms. The highest BCUT2D eigenvalue weighted by molar-refractivity contribution is 5.85. The van der Waals surface area contributed by atoms with E-state index >= 15 is 0 Å². The number of nitrogens with one attached hydrogen (secondary N) is 2. The van der Waals surface area contributed by atoms with Gasteiger partial charge in [-0.2, -0.15) is 0 Å². The van der Waals surface area contributed by atoms with Crippen LogP contribution < -0.4 is 10.6 Å². The third-order valence-corrected chi connectivity index (χ3v) is 4.78. The van der Waals surface area contributed by atoms with Gasteiger partial charge in [0.1, 0.15) is 0 Å². The molecule has 22 heavy (non-hydrogen) atoms. The van der Waals surface area contributed by atoms with Crippen molar-refractivity contribution in [1.29, 1.82) is 0 Å². The number of unbranched alkanes of at least 4 members (excludes halogenated alkanes) is 1. The third kappa shape index (κ3) is 4.85. The molecule has 3 atom stereocenters. The summed E-state index contributed by atoms with van der Waals surface area (Å²) in [5.41, 5.74) is 0. The number of amides is 2. The molecular weight excluding hydrogens is 302 g/mol. The Labute approximate surface area is 140 Å². The van der Waals surface area contributed by atoms with Gasteiger partial charge in [-0.05, 0) is 39.2 Å². The van der Waals surface area contributed by atoms with E-state index in [2.05, 4.69) is 24.5 Å². The van der Waals surface area contributed by atoms with Crippen LogP contribution >= 0.6 is 12.4 Å². The van der Waals surface area contributed by atoms with Gasteiger partial charge in [0.15, 0.2) is 0 Å². The number of piperidine rings is 1. The second kappa shape index (κ2) is 9.36. The standard InChI is InChI=1S/C16H29N3O2.ClH/c1-3-4-8-18-15(20)14-6-5-12(2)19(11-14)16(21)13-7-9-17-10-13;/h12-14,17H,3-11H2,1-2H3,(H,18,20);1H. The van der Waals surface area contributed by atoms with Crippen LogP contribution in [0.15, 0.2) is 0 Å². The van der Waals surface area contributed by atoms with Gasteiger partial charge in [0.25, 0.3) is 0 Å². The van der Waals surface area contributed by atoms with E-state index in [1.165, 1.54) is 0 Å². The molecule has 0 aliphatic carbocycles. The largest absolute Gasteiger partial charge is 0.356 e. The molecule has 2 fully saturated rings. The van der Waals surface area contributed by atoms with Crippen molar-refractivity contribution in [3.05, 3.63) is 0 Å². The van der Waals surface area contributed by atoms with Crippen LogP contribution in [0.2, 0.25) is 0 Å². The lowest BCUT2D eigenvalue weighted by atomic mass is 9.91. The Morgan fingerprint density at radius 3 is 2.64 bits per heavy atom. The average molecular weight is 332 g/mol. The monoisotopic (exact) mass is 331 g/mol. The van der Waals surface area contributed by atoms with Gasteiger partial charge in [0.05, 0.1) is 11.8 Å². The first-order chi connectivity index (χ1) is 10.1. The summed E-state index contributed by atoms with van der Waals surface area (Å²) in [4.78, 5) is 26.8. The van der Waals surface area contributed by atoms with Crippen LogP contribution in [0.3, 0.4) is 0 Å². The molecule has 128 valence electrons. The first-order valence-corrected chi connectivity index (χ1v) is 8.42. The second-order valence-corrected chi connectivity index (χ2v) is 6.45. The summed E-state index contributed by atoms with van der Waals surface area (Å²) in [6.45, 7) is 7.28. The number of likely N-dealkylation sites (tertiary alicyclic amines) is 1. The molecule has 0 bridgehead atoms. The van der Waals surface area contributed by atoms with Crippen molar-refractivity contribution >= 4 is 24.2 Å². The summed E-state index contributed by atoms with van der Waals surface area (Å²) in [7, 11) is 0. The predicted octanol–water partition coefficient (Wildman–Crippen LogP) is 1.56. The van der Waals surface area contributed by atoms with Crippen molar-refractivity contribution in [2.75, 3.05) is 26.2 Å². The van der Waals surface area contributed by atoms with E-state index in [4.69, 9.17) is 0 Å². The van der Waals surface area contributed by atoms with E-state index in [1.54, 1.807) is 0 Å². The number of halogens is 1. The molecule has 0 aromatic heterocycles. The van der Waals surface area contributed by atoms with Gasteiger partial charge in [-0.15, -0.1) is 12.4 Å². The zero-order chi connectivity index (χ0) is 15.2. The smallest absolute Gasteiger partial charge is 0.227 e. The van der Waals surface area contributed by atoms with Crippen LogP contribution in [0, 0.1) is 11.8 Å². The van der Waals surface area contributed by atoms with Crippen molar-refractivity contribution in [2.45, 2.75) is 52.0 Å². The minimum absolute atomic E-state index is 0. The van der Waals surface area contributed by atoms with Crippen molar-refractivity contribution in [2.24, 2.45) is 11.8 Å². The fourth-order valence-corrected chi connectivity index (χ4v) is 3.26. The van der Waals surface area contributed by atoms with Crippen LogP contribution in [0.1, 0.15) is 46.0 Å². The number of hydrogen-bond acceptors (Lipinski definition) is 3. The van der Waals surface area contributed by atoms with Gasteiger partial charge in [0, 0.05) is 25.7 Å². The molecular formula is C16H30ClN3O2. The number of carbonyl (C=O) groups is 2. The van der Waals surface area contributed by atoms with Crippen molar-refractivity contribution < 1.29 is 9.59 Å². The molecule has 5 nitrogen and oxygen atoms in total. The average Bonchev–Trinajstić information content (AvgIpc) is 3.01. The highest BCUT2D eigenvalue weighted by Gasteiger charge is 2.36. The Morgan fingerprint density at radius 1 is 1.23 bits per heavy atom. The molecule has 0 saturated carbocycles. The highest BCUT2D eigenvalue weighted by atomic mass is 35.5. The molecule has 0 radical (unpaired) electrons. The maximum absolute atomic E-state index is 12.6. The van der Waals surface area contributed by atoms with E-state index in [1.807, 2.05) is 4.90 Å². The molecule has 2 N–H and O–H groups in total. The molecule has 2 aliphatic heterocycles. The van der Waals surface area contributed by atoms with E-state index < -0.39 is 0 Å². The van der Waals surface area contributed by atoms with Crippen LogP contribution in [0.5, 0.6) is 0 Å². The summed E-state index contributed by atoms with van der Waals surface area (Å²) < 4.78 is 0. The number of carbonyl (C=O) groups excluding carboxylic acids is 2. The lowest BCUT2D eigenvalue weighted by Gasteiger charge is -2.38. The van der Waals surface area contributed by atoms with Gasteiger partial charge < -0.3 is 15.5 Å². The minimum atomic E-state index is -0.0311. The van der Waals surface area contributed by atoms with Gasteiger partial charge in [-0.3, -0.25) is 9.59 Å². The molecule has 2 saturated heterocycles. The number of rotatable bonds is 5. The minimum Gasteiger partial charge on any atom is -0.356 e. The van der Waals surface area contributed by atoms with Crippen molar-refractivity contribution in [3.8, 4) is 0 Å². The third-order valence-electron chi connectivity index (χ3n) is 4.78. The van der Waals surface area contributed by atoms with Crippen molar-refractivity contribution in [1.82, 2.24) is 15.5 Å². The normalized spacial score (nSPS) is 28.1. The fourth-order valence-electron chi connectivity index (χ4n) is 3.26. The summed E-state index contributed by atoms with van der Waals surface area (Å²) in [6.07, 6.45) is 4.85. The van der Waals surface area contributed by atoms with Gasteiger partial charge in [-0.1, -0.05) is 13.3 Å². The molecule has 3 unspecified atom stereocenters. The maximum Gasteiger partial charge on any atom is 0.227 e. The van der Waals surface area contributed by atoms with E-state index in [0.29, 0.717) is 6.54 Å². The molecule has 2 heterocycles. The van der Waals surface area contributed by atoms with Gasteiger partial charge >= 0.3 is 0 Å². The Morgan fingerprint density at radius 2 is 2.00 bits per heavy atom. The molecule has 2 rings (SSSR count). The molecule has 2 aliphatic rings. The summed E-state index contributed by atoms with van der Waals surface area (Å²) in [5.74, 6) is 0.432. The Bertz CT molecular complexity index is 372. The number of nitrogens with zero attached hydrogens (tertiary/aromatic N) is 1. The maximum atomic E-state index is 12.6. The van der Waals surface area contributed by atoms with Crippen LogP contribution in [0.25, 0.3) is 0 Å². The Hall–Kier alpha value is -0.810. The summed E-state index contributed by atoms with van der Waals surface area (Å²) in [5, 5.41) is 6.26. The molecule has 2 amide bonds. The molecule has 0 aromatic carbocycles. The predicted molar refractivity (Wildman–Crippen MR) is 90.0 cm³/mol. The molecule has 0 spiro atoms. The lowest BCUT2D eigenvalue weighted by Crippen LogP contribution is -2.51. The first kappa shape index (κ1) is 19.2. The fraction of sp³-hybridized carbons (Fsp3) is 0.875. The topological polar surface area (TPSA) is 61.4 Å². The van der Waals surface area contributed by atoms with E-state index in [-0.39, 0.29) is 42.1 Å². The van der Waals surface area contributed by atoms with Crippen LogP contribution in [-0.2, 0) is 9.59 Å². The lowest BCUT2D eigenvalue weighted by molar-refractivity contribution is -0.141. The quantitative estimate of drug-likeness (QED) is 0.752. The Kier molecular flexibility index (Phi) is 8.18. The van der Waals surface area contributed by atoms with Gasteiger partial charge in [0.2, 0.25) is 11.8 Å². The SMILES string of the molecule is CCCCNC(=O)C1CCC(C)N(C(=O)C2CCNC2)C1.Cl. The van der Waals surface area contributed by atoms with Crippen molar-refractivity contribution in [3.63, 3.8) is 0 Å². The zero-order valence-corrected chi connectivity index (χ0v) is 14.6. The first-order valence-electron chi connectivity index (χ1n) is 8.42. The van der Waals surface area contributed by atoms with E-state index in [0.717, 1.165) is 51.7 Å². The second-order valence-electron chi connectivity index (χ2n) is 6.45.